The highest BCUT2D eigenvalue weighted by Crippen LogP contribution is 2.49. The van der Waals surface area contributed by atoms with E-state index in [2.05, 4.69) is 0 Å². The van der Waals surface area contributed by atoms with E-state index in [-0.39, 0.29) is 19.0 Å². The van der Waals surface area contributed by atoms with Gasteiger partial charge in [-0.3, -0.25) is 9.59 Å². The molecule has 0 fully saturated rings. The summed E-state index contributed by atoms with van der Waals surface area (Å²) in [5, 5.41) is 9.87. The molecule has 2 aliphatic rings. The Morgan fingerprint density at radius 1 is 1.00 bits per heavy atom. The molecule has 0 radical (unpaired) electrons. The summed E-state index contributed by atoms with van der Waals surface area (Å²) in [6.07, 6.45) is -0.122. The number of carbonyl (C=O) groups excluding carboxylic acids is 1. The van der Waals surface area contributed by atoms with Crippen LogP contribution in [0.3, 0.4) is 0 Å². The molecule has 0 aromatic heterocycles. The van der Waals surface area contributed by atoms with Gasteiger partial charge in [0.15, 0.2) is 28.8 Å². The molecule has 1 aliphatic carbocycles. The fourth-order valence-corrected chi connectivity index (χ4v) is 4.02. The average Bonchev–Trinajstić information content (AvgIpc) is 3.18. The minimum absolute atomic E-state index is 0.0592. The van der Waals surface area contributed by atoms with Crippen LogP contribution in [0, 0.1) is 5.92 Å². The first kappa shape index (κ1) is 18.9. The Hall–Kier alpha value is -3.42. The smallest absolute Gasteiger partial charge is 0.307 e. The normalized spacial score (nSPS) is 19.5. The quantitative estimate of drug-likeness (QED) is 0.818. The molecule has 152 valence electrons. The number of rotatable bonds is 5. The summed E-state index contributed by atoms with van der Waals surface area (Å²) in [6.45, 7) is 0.0592. The van der Waals surface area contributed by atoms with Gasteiger partial charge in [-0.2, -0.15) is 0 Å². The number of aliphatic carboxylic acids is 1. The SMILES string of the molecule is COc1cc(C2c3cc4c(cc3C(=O)CC2C(=O)O)OCO4)cc(OC)c1OC. The van der Waals surface area contributed by atoms with Crippen molar-refractivity contribution in [1.82, 2.24) is 0 Å². The molecule has 2 unspecified atom stereocenters. The second-order valence-corrected chi connectivity index (χ2v) is 6.80. The lowest BCUT2D eigenvalue weighted by atomic mass is 9.71. The molecule has 0 spiro atoms. The van der Waals surface area contributed by atoms with Gasteiger partial charge >= 0.3 is 5.97 Å². The summed E-state index contributed by atoms with van der Waals surface area (Å²) in [7, 11) is 4.48. The number of carboxylic acids is 1. The fourth-order valence-electron chi connectivity index (χ4n) is 4.02. The van der Waals surface area contributed by atoms with E-state index in [1.165, 1.54) is 21.3 Å². The second-order valence-electron chi connectivity index (χ2n) is 6.80. The third-order valence-corrected chi connectivity index (χ3v) is 5.35. The molecular formula is C21H20O8. The number of fused-ring (bicyclic) bond motifs is 2. The first-order chi connectivity index (χ1) is 14.0. The van der Waals surface area contributed by atoms with Crippen LogP contribution in [-0.2, 0) is 4.79 Å². The lowest BCUT2D eigenvalue weighted by Gasteiger charge is -2.31. The molecule has 0 amide bonds. The van der Waals surface area contributed by atoms with E-state index < -0.39 is 17.8 Å². The molecule has 2 aromatic carbocycles. The number of ketones is 1. The Labute approximate surface area is 166 Å². The van der Waals surface area contributed by atoms with E-state index in [1.807, 2.05) is 0 Å². The van der Waals surface area contributed by atoms with Gasteiger partial charge in [0.2, 0.25) is 12.5 Å². The van der Waals surface area contributed by atoms with Crippen molar-refractivity contribution in [3.05, 3.63) is 41.0 Å². The topological polar surface area (TPSA) is 101 Å². The summed E-state index contributed by atoms with van der Waals surface area (Å²) >= 11 is 0. The zero-order chi connectivity index (χ0) is 20.7. The van der Waals surface area contributed by atoms with Gasteiger partial charge in [-0.25, -0.2) is 0 Å². The number of hydrogen-bond acceptors (Lipinski definition) is 7. The fraction of sp³-hybridized carbons (Fsp3) is 0.333. The molecule has 0 bridgehead atoms. The van der Waals surface area contributed by atoms with E-state index >= 15 is 0 Å². The molecule has 0 saturated carbocycles. The number of methoxy groups -OCH3 is 3. The Balaban J connectivity index is 1.95. The van der Waals surface area contributed by atoms with Crippen molar-refractivity contribution in [2.75, 3.05) is 28.1 Å². The Bertz CT molecular complexity index is 971. The molecule has 1 heterocycles. The number of benzene rings is 2. The van der Waals surface area contributed by atoms with Gasteiger partial charge in [-0.15, -0.1) is 0 Å². The molecule has 8 heteroatoms. The van der Waals surface area contributed by atoms with E-state index in [4.69, 9.17) is 23.7 Å². The van der Waals surface area contributed by atoms with Crippen LogP contribution in [0.2, 0.25) is 0 Å². The maximum absolute atomic E-state index is 12.7. The minimum atomic E-state index is -1.06. The van der Waals surface area contributed by atoms with Gasteiger partial charge in [0, 0.05) is 17.9 Å². The van der Waals surface area contributed by atoms with Crippen molar-refractivity contribution in [3.8, 4) is 28.7 Å². The van der Waals surface area contributed by atoms with Crippen LogP contribution in [0.25, 0.3) is 0 Å². The van der Waals surface area contributed by atoms with Gasteiger partial charge in [0.05, 0.1) is 27.2 Å². The zero-order valence-corrected chi connectivity index (χ0v) is 16.2. The predicted molar refractivity (Wildman–Crippen MR) is 101 cm³/mol. The van der Waals surface area contributed by atoms with E-state index in [0.29, 0.717) is 45.4 Å². The van der Waals surface area contributed by atoms with Gasteiger partial charge < -0.3 is 28.8 Å². The lowest BCUT2D eigenvalue weighted by Crippen LogP contribution is -2.31. The van der Waals surface area contributed by atoms with Gasteiger partial charge in [-0.05, 0) is 35.4 Å². The summed E-state index contributed by atoms with van der Waals surface area (Å²) in [6, 6.07) is 6.75. The number of carbonyl (C=O) groups is 2. The molecule has 0 saturated heterocycles. The highest BCUT2D eigenvalue weighted by atomic mass is 16.7. The maximum atomic E-state index is 12.7. The number of ether oxygens (including phenoxy) is 5. The van der Waals surface area contributed by atoms with Crippen LogP contribution in [0.15, 0.2) is 24.3 Å². The van der Waals surface area contributed by atoms with Crippen molar-refractivity contribution < 1.29 is 38.4 Å². The first-order valence-corrected chi connectivity index (χ1v) is 8.98. The Morgan fingerprint density at radius 3 is 2.17 bits per heavy atom. The predicted octanol–water partition coefficient (Wildman–Crippen LogP) is 2.86. The van der Waals surface area contributed by atoms with Crippen LogP contribution >= 0.6 is 0 Å². The van der Waals surface area contributed by atoms with Gasteiger partial charge in [0.1, 0.15) is 0 Å². The van der Waals surface area contributed by atoms with Crippen LogP contribution < -0.4 is 23.7 Å². The average molecular weight is 400 g/mol. The molecule has 1 N–H and O–H groups in total. The van der Waals surface area contributed by atoms with Gasteiger partial charge in [0.25, 0.3) is 0 Å². The summed E-state index contributed by atoms with van der Waals surface area (Å²) in [5.74, 6) is -0.662. The van der Waals surface area contributed by atoms with Crippen molar-refractivity contribution in [3.63, 3.8) is 0 Å². The molecule has 2 aromatic rings. The van der Waals surface area contributed by atoms with Crippen molar-refractivity contribution in [2.24, 2.45) is 5.92 Å². The molecule has 8 nitrogen and oxygen atoms in total. The zero-order valence-electron chi connectivity index (χ0n) is 16.2. The van der Waals surface area contributed by atoms with Crippen molar-refractivity contribution in [2.45, 2.75) is 12.3 Å². The molecule has 4 rings (SSSR count). The summed E-state index contributed by atoms with van der Waals surface area (Å²) < 4.78 is 27.1. The maximum Gasteiger partial charge on any atom is 0.307 e. The standard InChI is InChI=1S/C21H20O8/c1-25-17-4-10(5-18(26-2)20(17)27-3)19-12-8-16-15(28-9-29-16)7-11(12)14(22)6-13(19)21(23)24/h4-5,7-8,13,19H,6,9H2,1-3H3,(H,23,24). The Morgan fingerprint density at radius 2 is 1.62 bits per heavy atom. The van der Waals surface area contributed by atoms with E-state index in [9.17, 15) is 14.7 Å². The highest BCUT2D eigenvalue weighted by Gasteiger charge is 2.41. The van der Waals surface area contributed by atoms with Gasteiger partial charge in [-0.1, -0.05) is 0 Å². The minimum Gasteiger partial charge on any atom is -0.493 e. The third-order valence-electron chi connectivity index (χ3n) is 5.35. The number of carboxylic acid groups (broad SMARTS) is 1. The summed E-state index contributed by atoms with van der Waals surface area (Å²) in [4.78, 5) is 24.8. The largest absolute Gasteiger partial charge is 0.493 e. The lowest BCUT2D eigenvalue weighted by molar-refractivity contribution is -0.142. The Kier molecular flexibility index (Phi) is 4.70. The molecule has 1 aliphatic heterocycles. The van der Waals surface area contributed by atoms with E-state index in [1.54, 1.807) is 24.3 Å². The van der Waals surface area contributed by atoms with Crippen molar-refractivity contribution >= 4 is 11.8 Å². The highest BCUT2D eigenvalue weighted by molar-refractivity contribution is 6.02. The van der Waals surface area contributed by atoms with Crippen LogP contribution in [0.1, 0.15) is 33.8 Å². The van der Waals surface area contributed by atoms with Crippen LogP contribution in [-0.4, -0.2) is 45.0 Å². The molecule has 29 heavy (non-hydrogen) atoms. The summed E-state index contributed by atoms with van der Waals surface area (Å²) in [5.41, 5.74) is 1.65. The van der Waals surface area contributed by atoms with Crippen molar-refractivity contribution in [1.29, 1.82) is 0 Å². The first-order valence-electron chi connectivity index (χ1n) is 8.98. The number of Topliss-reactive ketones (excluding diaryl/α,β-unsaturated/α-hetero) is 1. The third kappa shape index (κ3) is 3.00. The second kappa shape index (κ2) is 7.20. The molecule has 2 atom stereocenters. The van der Waals surface area contributed by atoms with E-state index in [0.717, 1.165) is 0 Å². The monoisotopic (exact) mass is 400 g/mol. The van der Waals surface area contributed by atoms with Crippen LogP contribution in [0.4, 0.5) is 0 Å². The molecular weight excluding hydrogens is 380 g/mol. The number of hydrogen-bond donors (Lipinski definition) is 1. The van der Waals surface area contributed by atoms with Crippen LogP contribution in [0.5, 0.6) is 28.7 Å².